The second kappa shape index (κ2) is 5.46. The first-order chi connectivity index (χ1) is 7.13. The molecule has 1 amide bonds. The lowest BCUT2D eigenvalue weighted by molar-refractivity contribution is -0.114. The first kappa shape index (κ1) is 11.7. The number of rotatable bonds is 4. The van der Waals surface area contributed by atoms with Gasteiger partial charge in [0.05, 0.1) is 6.67 Å². The predicted octanol–water partition coefficient (Wildman–Crippen LogP) is 2.00. The standard InChI is InChI=1S/C11H15FN2O/c1-8(15)14-10-4-2-9(3-5-10)11(13)6-7-12/h2-5,11H,6-7,13H2,1H3,(H,14,15)/t11-/m0/s1. The molecule has 0 aliphatic carbocycles. The Morgan fingerprint density at radius 1 is 1.47 bits per heavy atom. The maximum Gasteiger partial charge on any atom is 0.221 e. The summed E-state index contributed by atoms with van der Waals surface area (Å²) in [5.41, 5.74) is 7.33. The van der Waals surface area contributed by atoms with Crippen LogP contribution in [0.4, 0.5) is 10.1 Å². The normalized spacial score (nSPS) is 12.2. The molecule has 15 heavy (non-hydrogen) atoms. The third-order valence-corrected chi connectivity index (χ3v) is 2.08. The van der Waals surface area contributed by atoms with Crippen LogP contribution >= 0.6 is 0 Å². The number of hydrogen-bond donors (Lipinski definition) is 2. The Labute approximate surface area is 88.5 Å². The van der Waals surface area contributed by atoms with Crippen molar-refractivity contribution in [1.29, 1.82) is 0 Å². The third kappa shape index (κ3) is 3.67. The van der Waals surface area contributed by atoms with Gasteiger partial charge in [0.1, 0.15) is 0 Å². The highest BCUT2D eigenvalue weighted by Gasteiger charge is 2.05. The fourth-order valence-corrected chi connectivity index (χ4v) is 1.30. The van der Waals surface area contributed by atoms with Crippen LogP contribution in [-0.2, 0) is 4.79 Å². The number of carbonyl (C=O) groups excluding carboxylic acids is 1. The van der Waals surface area contributed by atoms with Crippen LogP contribution in [0.2, 0.25) is 0 Å². The fourth-order valence-electron chi connectivity index (χ4n) is 1.30. The molecule has 3 nitrogen and oxygen atoms in total. The summed E-state index contributed by atoms with van der Waals surface area (Å²) in [6.07, 6.45) is 0.319. The molecule has 4 heteroatoms. The molecule has 0 aliphatic rings. The molecule has 0 fully saturated rings. The molecule has 0 aromatic heterocycles. The number of nitrogens with two attached hydrogens (primary N) is 1. The van der Waals surface area contributed by atoms with Crippen molar-refractivity contribution in [3.63, 3.8) is 0 Å². The Morgan fingerprint density at radius 2 is 2.07 bits per heavy atom. The Balaban J connectivity index is 2.67. The second-order valence-corrected chi connectivity index (χ2v) is 3.39. The zero-order chi connectivity index (χ0) is 11.3. The number of anilines is 1. The maximum absolute atomic E-state index is 12.0. The molecule has 0 spiro atoms. The molecular weight excluding hydrogens is 195 g/mol. The van der Waals surface area contributed by atoms with Crippen LogP contribution in [-0.4, -0.2) is 12.6 Å². The van der Waals surface area contributed by atoms with Gasteiger partial charge in [-0.3, -0.25) is 9.18 Å². The molecule has 0 radical (unpaired) electrons. The minimum absolute atomic E-state index is 0.115. The number of hydrogen-bond acceptors (Lipinski definition) is 2. The fraction of sp³-hybridized carbons (Fsp3) is 0.364. The average molecular weight is 210 g/mol. The molecule has 1 aromatic rings. The van der Waals surface area contributed by atoms with Crippen molar-refractivity contribution in [2.75, 3.05) is 12.0 Å². The van der Waals surface area contributed by atoms with Crippen molar-refractivity contribution in [3.05, 3.63) is 29.8 Å². The zero-order valence-electron chi connectivity index (χ0n) is 8.66. The van der Waals surface area contributed by atoms with Crippen molar-refractivity contribution in [3.8, 4) is 0 Å². The molecule has 0 saturated heterocycles. The van der Waals surface area contributed by atoms with Crippen molar-refractivity contribution < 1.29 is 9.18 Å². The van der Waals surface area contributed by atoms with Gasteiger partial charge in [0.25, 0.3) is 0 Å². The van der Waals surface area contributed by atoms with E-state index in [-0.39, 0.29) is 11.9 Å². The van der Waals surface area contributed by atoms with Gasteiger partial charge in [-0.25, -0.2) is 0 Å². The van der Waals surface area contributed by atoms with Crippen LogP contribution in [0, 0.1) is 0 Å². The Hall–Kier alpha value is -1.42. The first-order valence-electron chi connectivity index (χ1n) is 4.82. The largest absolute Gasteiger partial charge is 0.326 e. The molecular formula is C11H15FN2O. The van der Waals surface area contributed by atoms with Gasteiger partial charge >= 0.3 is 0 Å². The summed E-state index contributed by atoms with van der Waals surface area (Å²) in [4.78, 5) is 10.7. The lowest BCUT2D eigenvalue weighted by Gasteiger charge is -2.10. The molecule has 1 atom stereocenters. The van der Waals surface area contributed by atoms with E-state index in [1.807, 2.05) is 0 Å². The van der Waals surface area contributed by atoms with Gasteiger partial charge in [-0.05, 0) is 24.1 Å². The number of carbonyl (C=O) groups is 1. The summed E-state index contributed by atoms with van der Waals surface area (Å²) in [5.74, 6) is -0.115. The SMILES string of the molecule is CC(=O)Nc1ccc([C@@H](N)CCF)cc1. The maximum atomic E-state index is 12.0. The number of halogens is 1. The van der Waals surface area contributed by atoms with E-state index < -0.39 is 6.67 Å². The Kier molecular flexibility index (Phi) is 4.24. The van der Waals surface area contributed by atoms with Crippen molar-refractivity contribution in [1.82, 2.24) is 0 Å². The third-order valence-electron chi connectivity index (χ3n) is 2.08. The van der Waals surface area contributed by atoms with E-state index >= 15 is 0 Å². The zero-order valence-corrected chi connectivity index (χ0v) is 8.66. The van der Waals surface area contributed by atoms with Gasteiger partial charge in [-0.2, -0.15) is 0 Å². The van der Waals surface area contributed by atoms with E-state index in [0.717, 1.165) is 11.3 Å². The van der Waals surface area contributed by atoms with Crippen LogP contribution in [0.25, 0.3) is 0 Å². The van der Waals surface area contributed by atoms with E-state index in [1.54, 1.807) is 24.3 Å². The van der Waals surface area contributed by atoms with Gasteiger partial charge in [0.15, 0.2) is 0 Å². The lowest BCUT2D eigenvalue weighted by atomic mass is 10.1. The molecule has 0 heterocycles. The highest BCUT2D eigenvalue weighted by atomic mass is 19.1. The molecule has 1 rings (SSSR count). The molecule has 1 aromatic carbocycles. The minimum atomic E-state index is -0.422. The van der Waals surface area contributed by atoms with Gasteiger partial charge in [-0.15, -0.1) is 0 Å². The highest BCUT2D eigenvalue weighted by Crippen LogP contribution is 2.17. The Bertz CT molecular complexity index is 324. The Morgan fingerprint density at radius 3 is 2.53 bits per heavy atom. The highest BCUT2D eigenvalue weighted by molar-refractivity contribution is 5.88. The van der Waals surface area contributed by atoms with E-state index in [1.165, 1.54) is 6.92 Å². The first-order valence-corrected chi connectivity index (χ1v) is 4.82. The quantitative estimate of drug-likeness (QED) is 0.798. The molecule has 0 aliphatic heterocycles. The van der Waals surface area contributed by atoms with Crippen LogP contribution in [0.5, 0.6) is 0 Å². The molecule has 0 bridgehead atoms. The van der Waals surface area contributed by atoms with Gasteiger partial charge in [0, 0.05) is 18.7 Å². The summed E-state index contributed by atoms with van der Waals surface area (Å²) < 4.78 is 12.0. The van der Waals surface area contributed by atoms with Crippen molar-refractivity contribution >= 4 is 11.6 Å². The molecule has 0 unspecified atom stereocenters. The van der Waals surface area contributed by atoms with Gasteiger partial charge < -0.3 is 11.1 Å². The minimum Gasteiger partial charge on any atom is -0.326 e. The van der Waals surface area contributed by atoms with Gasteiger partial charge in [0.2, 0.25) is 5.91 Å². The van der Waals surface area contributed by atoms with Crippen LogP contribution in [0.3, 0.4) is 0 Å². The summed E-state index contributed by atoms with van der Waals surface area (Å²) in [5, 5.41) is 2.65. The van der Waals surface area contributed by atoms with E-state index in [4.69, 9.17) is 5.73 Å². The monoisotopic (exact) mass is 210 g/mol. The van der Waals surface area contributed by atoms with E-state index in [9.17, 15) is 9.18 Å². The number of amides is 1. The smallest absolute Gasteiger partial charge is 0.221 e. The summed E-state index contributed by atoms with van der Waals surface area (Å²) in [6, 6.07) is 6.84. The van der Waals surface area contributed by atoms with Crippen molar-refractivity contribution in [2.24, 2.45) is 5.73 Å². The molecule has 0 saturated carbocycles. The van der Waals surface area contributed by atoms with Gasteiger partial charge in [-0.1, -0.05) is 12.1 Å². The lowest BCUT2D eigenvalue weighted by Crippen LogP contribution is -2.11. The van der Waals surface area contributed by atoms with E-state index in [0.29, 0.717) is 6.42 Å². The second-order valence-electron chi connectivity index (χ2n) is 3.39. The van der Waals surface area contributed by atoms with Crippen LogP contribution < -0.4 is 11.1 Å². The number of benzene rings is 1. The average Bonchev–Trinajstić information content (AvgIpc) is 2.18. The molecule has 82 valence electrons. The summed E-state index contributed by atoms with van der Waals surface area (Å²) in [7, 11) is 0. The van der Waals surface area contributed by atoms with E-state index in [2.05, 4.69) is 5.32 Å². The van der Waals surface area contributed by atoms with Crippen LogP contribution in [0.15, 0.2) is 24.3 Å². The van der Waals surface area contributed by atoms with Crippen molar-refractivity contribution in [2.45, 2.75) is 19.4 Å². The van der Waals surface area contributed by atoms with Crippen LogP contribution in [0.1, 0.15) is 24.9 Å². The predicted molar refractivity (Wildman–Crippen MR) is 58.3 cm³/mol. The topological polar surface area (TPSA) is 55.1 Å². The number of alkyl halides is 1. The summed E-state index contributed by atoms with van der Waals surface area (Å²) in [6.45, 7) is 1.03. The molecule has 3 N–H and O–H groups in total. The number of nitrogens with one attached hydrogen (secondary N) is 1. The summed E-state index contributed by atoms with van der Waals surface area (Å²) >= 11 is 0.